The zero-order valence-electron chi connectivity index (χ0n) is 8.62. The van der Waals surface area contributed by atoms with Crippen LogP contribution in [0, 0.1) is 0 Å². The summed E-state index contributed by atoms with van der Waals surface area (Å²) in [6, 6.07) is -0.612. The predicted molar refractivity (Wildman–Crippen MR) is 53.8 cm³/mol. The second kappa shape index (κ2) is 5.53. The molecule has 1 heterocycles. The first-order valence-corrected chi connectivity index (χ1v) is 5.84. The average Bonchev–Trinajstić information content (AvgIpc) is 2.66. The molecule has 0 saturated carbocycles. The van der Waals surface area contributed by atoms with Crippen LogP contribution >= 0.6 is 11.8 Å². The summed E-state index contributed by atoms with van der Waals surface area (Å²) in [6.45, 7) is 1.99. The highest BCUT2D eigenvalue weighted by molar-refractivity contribution is 7.99. The third kappa shape index (κ3) is 3.67. The minimum atomic E-state index is -4.61. The third-order valence-corrected chi connectivity index (χ3v) is 2.73. The van der Waals surface area contributed by atoms with Gasteiger partial charge in [-0.1, -0.05) is 12.1 Å². The van der Waals surface area contributed by atoms with E-state index < -0.39 is 18.1 Å². The van der Waals surface area contributed by atoms with E-state index in [0.717, 1.165) is 11.5 Å². The summed E-state index contributed by atoms with van der Waals surface area (Å²) in [5.74, 6) is 0.255. The number of hydrogen-bond donors (Lipinski definition) is 1. The third-order valence-electron chi connectivity index (χ3n) is 1.79. The Balaban J connectivity index is 2.56. The van der Waals surface area contributed by atoms with E-state index in [9.17, 15) is 13.2 Å². The molecule has 0 amide bonds. The summed E-state index contributed by atoms with van der Waals surface area (Å²) in [7, 11) is 0. The Morgan fingerprint density at radius 1 is 1.50 bits per heavy atom. The average molecular weight is 255 g/mol. The first-order valence-electron chi connectivity index (χ1n) is 4.69. The minimum Gasteiger partial charge on any atom is -0.329 e. The lowest BCUT2D eigenvalue weighted by Gasteiger charge is -2.05. The number of aromatic nitrogens is 2. The summed E-state index contributed by atoms with van der Waals surface area (Å²) in [4.78, 5) is 3.22. The van der Waals surface area contributed by atoms with Gasteiger partial charge in [0.15, 0.2) is 5.82 Å². The fourth-order valence-corrected chi connectivity index (χ4v) is 1.69. The van der Waals surface area contributed by atoms with Crippen LogP contribution in [0.4, 0.5) is 13.2 Å². The van der Waals surface area contributed by atoms with E-state index in [1.54, 1.807) is 11.8 Å². The molecule has 1 unspecified atom stereocenters. The Hall–Kier alpha value is -0.760. The molecule has 0 aliphatic heterocycles. The SMILES string of the molecule is CCSCCC(N)c1noc(C(F)(F)F)n1. The van der Waals surface area contributed by atoms with Crippen molar-refractivity contribution >= 4 is 11.8 Å². The van der Waals surface area contributed by atoms with E-state index in [4.69, 9.17) is 5.73 Å². The number of hydrogen-bond acceptors (Lipinski definition) is 5. The molecule has 2 N–H and O–H groups in total. The molecule has 0 fully saturated rings. The van der Waals surface area contributed by atoms with Crippen molar-refractivity contribution in [2.75, 3.05) is 11.5 Å². The highest BCUT2D eigenvalue weighted by atomic mass is 32.2. The fraction of sp³-hybridized carbons (Fsp3) is 0.750. The maximum atomic E-state index is 12.1. The van der Waals surface area contributed by atoms with E-state index >= 15 is 0 Å². The van der Waals surface area contributed by atoms with Crippen molar-refractivity contribution in [2.24, 2.45) is 5.73 Å². The molecule has 0 spiro atoms. The molecule has 1 atom stereocenters. The number of rotatable bonds is 5. The Morgan fingerprint density at radius 2 is 2.19 bits per heavy atom. The van der Waals surface area contributed by atoms with Gasteiger partial charge in [-0.2, -0.15) is 29.9 Å². The van der Waals surface area contributed by atoms with Crippen molar-refractivity contribution in [3.05, 3.63) is 11.7 Å². The van der Waals surface area contributed by atoms with Crippen LogP contribution in [-0.2, 0) is 6.18 Å². The number of alkyl halides is 3. The predicted octanol–water partition coefficient (Wildman–Crippen LogP) is 2.23. The molecule has 4 nitrogen and oxygen atoms in total. The number of nitrogens with two attached hydrogens (primary N) is 1. The van der Waals surface area contributed by atoms with Crippen LogP contribution in [0.25, 0.3) is 0 Å². The molecule has 0 aliphatic carbocycles. The molecule has 92 valence electrons. The summed E-state index contributed by atoms with van der Waals surface area (Å²) in [5.41, 5.74) is 5.63. The Labute approximate surface area is 94.8 Å². The summed E-state index contributed by atoms with van der Waals surface area (Å²) < 4.78 is 40.5. The first-order chi connectivity index (χ1) is 7.45. The van der Waals surface area contributed by atoms with Crippen molar-refractivity contribution in [3.63, 3.8) is 0 Å². The molecule has 8 heteroatoms. The largest absolute Gasteiger partial charge is 0.471 e. The molecule has 1 aromatic heterocycles. The summed E-state index contributed by atoms with van der Waals surface area (Å²) in [6.07, 6.45) is -4.08. The van der Waals surface area contributed by atoms with Crippen LogP contribution in [0.5, 0.6) is 0 Å². The van der Waals surface area contributed by atoms with Gasteiger partial charge in [0.2, 0.25) is 0 Å². The van der Waals surface area contributed by atoms with Crippen LogP contribution in [0.3, 0.4) is 0 Å². The van der Waals surface area contributed by atoms with Crippen LogP contribution in [0.2, 0.25) is 0 Å². The maximum absolute atomic E-state index is 12.1. The molecule has 1 rings (SSSR count). The molecule has 0 aliphatic rings. The van der Waals surface area contributed by atoms with E-state index in [1.807, 2.05) is 6.92 Å². The van der Waals surface area contributed by atoms with Gasteiger partial charge in [-0.05, 0) is 17.9 Å². The molecular formula is C8H12F3N3OS. The molecule has 0 saturated heterocycles. The van der Waals surface area contributed by atoms with Crippen LogP contribution in [-0.4, -0.2) is 21.6 Å². The van der Waals surface area contributed by atoms with Gasteiger partial charge in [-0.15, -0.1) is 0 Å². The monoisotopic (exact) mass is 255 g/mol. The van der Waals surface area contributed by atoms with Crippen LogP contribution in [0.15, 0.2) is 4.52 Å². The lowest BCUT2D eigenvalue weighted by atomic mass is 10.2. The zero-order valence-corrected chi connectivity index (χ0v) is 9.44. The van der Waals surface area contributed by atoms with Crippen LogP contribution < -0.4 is 5.73 Å². The van der Waals surface area contributed by atoms with Crippen LogP contribution in [0.1, 0.15) is 31.1 Å². The standard InChI is InChI=1S/C8H12F3N3OS/c1-2-16-4-3-5(12)6-13-7(15-14-6)8(9,10)11/h5H,2-4,12H2,1H3. The smallest absolute Gasteiger partial charge is 0.329 e. The normalized spacial score (nSPS) is 14.1. The van der Waals surface area contributed by atoms with E-state index in [1.165, 1.54) is 0 Å². The molecule has 0 aromatic carbocycles. The van der Waals surface area contributed by atoms with Gasteiger partial charge >= 0.3 is 12.1 Å². The number of thioether (sulfide) groups is 1. The fourth-order valence-electron chi connectivity index (χ4n) is 0.984. The lowest BCUT2D eigenvalue weighted by Crippen LogP contribution is -2.14. The highest BCUT2D eigenvalue weighted by Crippen LogP contribution is 2.28. The Morgan fingerprint density at radius 3 is 2.69 bits per heavy atom. The van der Waals surface area contributed by atoms with E-state index in [-0.39, 0.29) is 5.82 Å². The van der Waals surface area contributed by atoms with E-state index in [0.29, 0.717) is 6.42 Å². The van der Waals surface area contributed by atoms with Crippen molar-refractivity contribution in [3.8, 4) is 0 Å². The van der Waals surface area contributed by atoms with Gasteiger partial charge in [-0.3, -0.25) is 0 Å². The van der Waals surface area contributed by atoms with Crippen molar-refractivity contribution in [1.29, 1.82) is 0 Å². The Kier molecular flexibility index (Phi) is 4.60. The molecule has 1 aromatic rings. The number of halogens is 3. The quantitative estimate of drug-likeness (QED) is 0.817. The van der Waals surface area contributed by atoms with E-state index in [2.05, 4.69) is 14.7 Å². The lowest BCUT2D eigenvalue weighted by molar-refractivity contribution is -0.159. The van der Waals surface area contributed by atoms with Gasteiger partial charge in [0, 0.05) is 0 Å². The van der Waals surface area contributed by atoms with Gasteiger partial charge in [0.25, 0.3) is 0 Å². The van der Waals surface area contributed by atoms with Crippen molar-refractivity contribution in [2.45, 2.75) is 25.6 Å². The van der Waals surface area contributed by atoms with Gasteiger partial charge < -0.3 is 10.3 Å². The summed E-state index contributed by atoms with van der Waals surface area (Å²) in [5, 5.41) is 3.22. The topological polar surface area (TPSA) is 64.9 Å². The number of nitrogens with zero attached hydrogens (tertiary/aromatic N) is 2. The zero-order chi connectivity index (χ0) is 12.2. The van der Waals surface area contributed by atoms with Gasteiger partial charge in [0.05, 0.1) is 6.04 Å². The van der Waals surface area contributed by atoms with Gasteiger partial charge in [0.1, 0.15) is 0 Å². The second-order valence-corrected chi connectivity index (χ2v) is 4.44. The summed E-state index contributed by atoms with van der Waals surface area (Å²) >= 11 is 1.66. The highest BCUT2D eigenvalue weighted by Gasteiger charge is 2.38. The Bertz CT molecular complexity index is 329. The molecule has 0 radical (unpaired) electrons. The van der Waals surface area contributed by atoms with Crippen molar-refractivity contribution in [1.82, 2.24) is 10.1 Å². The van der Waals surface area contributed by atoms with Crippen molar-refractivity contribution < 1.29 is 17.7 Å². The minimum absolute atomic E-state index is 0.0935. The second-order valence-electron chi connectivity index (χ2n) is 3.05. The molecule has 0 bridgehead atoms. The van der Waals surface area contributed by atoms with Gasteiger partial charge in [-0.25, -0.2) is 0 Å². The molecule has 16 heavy (non-hydrogen) atoms. The first kappa shape index (κ1) is 13.3. The maximum Gasteiger partial charge on any atom is 0.471 e. The molecular weight excluding hydrogens is 243 g/mol.